The van der Waals surface area contributed by atoms with Gasteiger partial charge in [-0.2, -0.15) is 0 Å². The average molecular weight is 285 g/mol. The standard InChI is InChI=1S/C15H15N3O3/c19-14(17-8-4-7-12(17)15(20)21)13-9-16-10-18(13)11-5-2-1-3-6-11/h1-3,5-6,9-10,12H,4,7-8H2,(H,20,21). The number of nitrogens with zero attached hydrogens (tertiary/aromatic N) is 3. The minimum absolute atomic E-state index is 0.291. The van der Waals surface area contributed by atoms with Crippen molar-refractivity contribution in [3.63, 3.8) is 0 Å². The van der Waals surface area contributed by atoms with Gasteiger partial charge in [0.2, 0.25) is 0 Å². The Morgan fingerprint density at radius 2 is 2.00 bits per heavy atom. The maximum absolute atomic E-state index is 12.6. The molecule has 0 spiro atoms. The van der Waals surface area contributed by atoms with Crippen LogP contribution < -0.4 is 0 Å². The van der Waals surface area contributed by atoms with E-state index in [1.807, 2.05) is 30.3 Å². The molecule has 1 aromatic heterocycles. The van der Waals surface area contributed by atoms with E-state index in [0.29, 0.717) is 25.1 Å². The molecule has 0 radical (unpaired) electrons. The lowest BCUT2D eigenvalue weighted by atomic mass is 10.2. The summed E-state index contributed by atoms with van der Waals surface area (Å²) in [5.41, 5.74) is 1.21. The highest BCUT2D eigenvalue weighted by Crippen LogP contribution is 2.21. The molecule has 1 unspecified atom stereocenters. The van der Waals surface area contributed by atoms with Gasteiger partial charge in [0.05, 0.1) is 12.5 Å². The van der Waals surface area contributed by atoms with Crippen molar-refractivity contribution in [3.8, 4) is 5.69 Å². The first-order chi connectivity index (χ1) is 10.2. The van der Waals surface area contributed by atoms with Crippen molar-refractivity contribution in [3.05, 3.63) is 48.5 Å². The van der Waals surface area contributed by atoms with Gasteiger partial charge in [-0.3, -0.25) is 9.36 Å². The van der Waals surface area contributed by atoms with Crippen molar-refractivity contribution >= 4 is 11.9 Å². The van der Waals surface area contributed by atoms with Gasteiger partial charge >= 0.3 is 5.97 Å². The zero-order valence-electron chi connectivity index (χ0n) is 11.3. The van der Waals surface area contributed by atoms with E-state index in [1.54, 1.807) is 10.9 Å². The fourth-order valence-corrected chi connectivity index (χ4v) is 2.66. The number of imidazole rings is 1. The maximum Gasteiger partial charge on any atom is 0.326 e. The van der Waals surface area contributed by atoms with E-state index in [4.69, 9.17) is 0 Å². The average Bonchev–Trinajstić information content (AvgIpc) is 3.16. The highest BCUT2D eigenvalue weighted by molar-refractivity contribution is 5.96. The summed E-state index contributed by atoms with van der Waals surface area (Å²) >= 11 is 0. The van der Waals surface area contributed by atoms with Crippen molar-refractivity contribution in [1.29, 1.82) is 0 Å². The van der Waals surface area contributed by atoms with Crippen LogP contribution in [0.2, 0.25) is 0 Å². The molecule has 1 aromatic carbocycles. The second kappa shape index (κ2) is 5.40. The number of carboxylic acids is 1. The molecule has 3 rings (SSSR count). The van der Waals surface area contributed by atoms with Crippen LogP contribution in [0.1, 0.15) is 23.3 Å². The zero-order valence-corrected chi connectivity index (χ0v) is 11.3. The number of carbonyl (C=O) groups excluding carboxylic acids is 1. The molecule has 1 amide bonds. The molecule has 0 aliphatic carbocycles. The van der Waals surface area contributed by atoms with Crippen LogP contribution in [0.5, 0.6) is 0 Å². The Morgan fingerprint density at radius 1 is 1.24 bits per heavy atom. The number of amides is 1. The Balaban J connectivity index is 1.93. The third-order valence-corrected chi connectivity index (χ3v) is 3.69. The number of para-hydroxylation sites is 1. The number of carbonyl (C=O) groups is 2. The highest BCUT2D eigenvalue weighted by atomic mass is 16.4. The first-order valence-corrected chi connectivity index (χ1v) is 6.80. The third kappa shape index (κ3) is 2.40. The van der Waals surface area contributed by atoms with Gasteiger partial charge in [-0.25, -0.2) is 9.78 Å². The number of likely N-dealkylation sites (tertiary alicyclic amines) is 1. The van der Waals surface area contributed by atoms with Gasteiger partial charge in [0.25, 0.3) is 5.91 Å². The molecule has 1 aliphatic heterocycles. The normalized spacial score (nSPS) is 17.9. The minimum Gasteiger partial charge on any atom is -0.480 e. The van der Waals surface area contributed by atoms with Crippen LogP contribution in [0, 0.1) is 0 Å². The first kappa shape index (κ1) is 13.4. The highest BCUT2D eigenvalue weighted by Gasteiger charge is 2.35. The van der Waals surface area contributed by atoms with Crippen molar-refractivity contribution in [2.24, 2.45) is 0 Å². The molecule has 1 fully saturated rings. The van der Waals surface area contributed by atoms with Crippen LogP contribution in [-0.4, -0.2) is 44.0 Å². The van der Waals surface area contributed by atoms with E-state index in [0.717, 1.165) is 5.69 Å². The number of hydrogen-bond acceptors (Lipinski definition) is 3. The van der Waals surface area contributed by atoms with Crippen molar-refractivity contribution in [2.75, 3.05) is 6.54 Å². The van der Waals surface area contributed by atoms with Crippen molar-refractivity contribution in [2.45, 2.75) is 18.9 Å². The van der Waals surface area contributed by atoms with Gasteiger partial charge in [-0.05, 0) is 25.0 Å². The van der Waals surface area contributed by atoms with Crippen LogP contribution in [0.4, 0.5) is 0 Å². The fraction of sp³-hybridized carbons (Fsp3) is 0.267. The summed E-state index contributed by atoms with van der Waals surface area (Å²) in [7, 11) is 0. The Labute approximate surface area is 121 Å². The van der Waals surface area contributed by atoms with Gasteiger partial charge in [-0.1, -0.05) is 18.2 Å². The molecular weight excluding hydrogens is 270 g/mol. The summed E-state index contributed by atoms with van der Waals surface area (Å²) in [5, 5.41) is 9.20. The topological polar surface area (TPSA) is 75.4 Å². The Kier molecular flexibility index (Phi) is 3.43. The molecule has 2 heterocycles. The summed E-state index contributed by atoms with van der Waals surface area (Å²) in [4.78, 5) is 29.3. The SMILES string of the molecule is O=C(O)C1CCCN1C(=O)c1cncn1-c1ccccc1. The molecule has 1 atom stereocenters. The molecule has 1 saturated heterocycles. The Morgan fingerprint density at radius 3 is 2.71 bits per heavy atom. The van der Waals surface area contributed by atoms with E-state index in [2.05, 4.69) is 4.98 Å². The lowest BCUT2D eigenvalue weighted by Gasteiger charge is -2.21. The number of benzene rings is 1. The number of rotatable bonds is 3. The summed E-state index contributed by atoms with van der Waals surface area (Å²) in [5.74, 6) is -1.24. The van der Waals surface area contributed by atoms with E-state index in [9.17, 15) is 14.7 Å². The first-order valence-electron chi connectivity index (χ1n) is 6.80. The molecule has 1 N–H and O–H groups in total. The predicted molar refractivity (Wildman–Crippen MR) is 75.3 cm³/mol. The lowest BCUT2D eigenvalue weighted by Crippen LogP contribution is -2.41. The van der Waals surface area contributed by atoms with E-state index in [1.165, 1.54) is 11.1 Å². The van der Waals surface area contributed by atoms with Gasteiger partial charge in [-0.15, -0.1) is 0 Å². The smallest absolute Gasteiger partial charge is 0.326 e. The minimum atomic E-state index is -0.952. The molecule has 108 valence electrons. The van der Waals surface area contributed by atoms with Crippen LogP contribution in [-0.2, 0) is 4.79 Å². The molecule has 6 nitrogen and oxygen atoms in total. The van der Waals surface area contributed by atoms with Gasteiger partial charge in [0.1, 0.15) is 11.7 Å². The number of carboxylic acid groups (broad SMARTS) is 1. The fourth-order valence-electron chi connectivity index (χ4n) is 2.66. The van der Waals surface area contributed by atoms with Crippen LogP contribution in [0.25, 0.3) is 5.69 Å². The maximum atomic E-state index is 12.6. The monoisotopic (exact) mass is 285 g/mol. The molecule has 6 heteroatoms. The molecular formula is C15H15N3O3. The van der Waals surface area contributed by atoms with Crippen LogP contribution >= 0.6 is 0 Å². The molecule has 1 aliphatic rings. The Hall–Kier alpha value is -2.63. The quantitative estimate of drug-likeness (QED) is 0.928. The number of aliphatic carboxylic acids is 1. The summed E-state index contributed by atoms with van der Waals surface area (Å²) in [6.45, 7) is 0.468. The molecule has 0 saturated carbocycles. The second-order valence-electron chi connectivity index (χ2n) is 4.98. The van der Waals surface area contributed by atoms with Gasteiger partial charge in [0, 0.05) is 12.2 Å². The lowest BCUT2D eigenvalue weighted by molar-refractivity contribution is -0.141. The zero-order chi connectivity index (χ0) is 14.8. The van der Waals surface area contributed by atoms with Gasteiger partial charge < -0.3 is 10.0 Å². The van der Waals surface area contributed by atoms with E-state index in [-0.39, 0.29) is 5.91 Å². The molecule has 21 heavy (non-hydrogen) atoms. The number of hydrogen-bond donors (Lipinski definition) is 1. The Bertz CT molecular complexity index is 666. The summed E-state index contributed by atoms with van der Waals surface area (Å²) < 4.78 is 1.68. The van der Waals surface area contributed by atoms with Crippen LogP contribution in [0.3, 0.4) is 0 Å². The molecule has 2 aromatic rings. The predicted octanol–water partition coefficient (Wildman–Crippen LogP) is 1.56. The third-order valence-electron chi connectivity index (χ3n) is 3.69. The largest absolute Gasteiger partial charge is 0.480 e. The van der Waals surface area contributed by atoms with Crippen LogP contribution in [0.15, 0.2) is 42.9 Å². The van der Waals surface area contributed by atoms with Crippen molar-refractivity contribution in [1.82, 2.24) is 14.5 Å². The summed E-state index contributed by atoms with van der Waals surface area (Å²) in [6.07, 6.45) is 4.25. The van der Waals surface area contributed by atoms with E-state index >= 15 is 0 Å². The molecule has 0 bridgehead atoms. The second-order valence-corrected chi connectivity index (χ2v) is 4.98. The van der Waals surface area contributed by atoms with Crippen molar-refractivity contribution < 1.29 is 14.7 Å². The van der Waals surface area contributed by atoms with E-state index < -0.39 is 12.0 Å². The van der Waals surface area contributed by atoms with Gasteiger partial charge in [0.15, 0.2) is 0 Å². The number of aromatic nitrogens is 2. The summed E-state index contributed by atoms with van der Waals surface area (Å²) in [6, 6.07) is 8.65.